The van der Waals surface area contributed by atoms with Crippen molar-refractivity contribution in [2.24, 2.45) is 0 Å². The molecule has 0 radical (unpaired) electrons. The molecule has 0 aliphatic carbocycles. The third kappa shape index (κ3) is 2.74. The maximum Gasteiger partial charge on any atom is 0.218 e. The number of rotatable bonds is 2. The summed E-state index contributed by atoms with van der Waals surface area (Å²) in [5, 5.41) is 5.06. The molecule has 0 fully saturated rings. The molecule has 0 unspecified atom stereocenters. The molecule has 2 aromatic heterocycles. The van der Waals surface area contributed by atoms with E-state index >= 15 is 0 Å². The first-order chi connectivity index (χ1) is 13.7. The number of aromatic amines is 1. The van der Waals surface area contributed by atoms with Crippen molar-refractivity contribution in [3.05, 3.63) is 96.4 Å². The number of benzene rings is 3. The Morgan fingerprint density at radius 1 is 0.643 bits per heavy atom. The second kappa shape index (κ2) is 6.58. The van der Waals surface area contributed by atoms with Crippen LogP contribution in [0.15, 0.2) is 85.1 Å². The third-order valence-electron chi connectivity index (χ3n) is 5.43. The Morgan fingerprint density at radius 3 is 2.25 bits per heavy atom. The highest BCUT2D eigenvalue weighted by Gasteiger charge is 2.13. The number of aryl methyl sites for hydroxylation is 2. The van der Waals surface area contributed by atoms with Gasteiger partial charge in [0, 0.05) is 34.0 Å². The molecule has 2 nitrogen and oxygen atoms in total. The summed E-state index contributed by atoms with van der Waals surface area (Å²) in [5.41, 5.74) is 6.83. The van der Waals surface area contributed by atoms with Crippen LogP contribution in [-0.4, -0.2) is 4.98 Å². The van der Waals surface area contributed by atoms with Gasteiger partial charge in [-0.1, -0.05) is 48.5 Å². The molecule has 0 saturated heterocycles. The molecular weight excluding hydrogens is 340 g/mol. The lowest BCUT2D eigenvalue weighted by Crippen LogP contribution is -2.06. The van der Waals surface area contributed by atoms with Gasteiger partial charge >= 0.3 is 0 Å². The molecule has 0 spiro atoms. The van der Waals surface area contributed by atoms with Crippen molar-refractivity contribution in [1.29, 1.82) is 0 Å². The number of aromatic nitrogens is 2. The van der Waals surface area contributed by atoms with Gasteiger partial charge < -0.3 is 0 Å². The predicted molar refractivity (Wildman–Crippen MR) is 116 cm³/mol. The van der Waals surface area contributed by atoms with Gasteiger partial charge in [0.2, 0.25) is 5.69 Å². The first kappa shape index (κ1) is 16.6. The van der Waals surface area contributed by atoms with E-state index in [0.29, 0.717) is 0 Å². The average Bonchev–Trinajstić information content (AvgIpc) is 2.73. The largest absolute Gasteiger partial charge is 0.258 e. The van der Waals surface area contributed by atoms with Crippen LogP contribution in [0.2, 0.25) is 0 Å². The van der Waals surface area contributed by atoms with E-state index < -0.39 is 0 Å². The minimum Gasteiger partial charge on any atom is -0.258 e. The summed E-state index contributed by atoms with van der Waals surface area (Å²) in [4.78, 5) is 8.05. The molecule has 5 aromatic rings. The van der Waals surface area contributed by atoms with Gasteiger partial charge in [0.15, 0.2) is 6.20 Å². The van der Waals surface area contributed by atoms with Crippen LogP contribution in [0, 0.1) is 13.8 Å². The van der Waals surface area contributed by atoms with Gasteiger partial charge in [0.05, 0.1) is 5.39 Å². The van der Waals surface area contributed by atoms with Crippen molar-refractivity contribution < 1.29 is 4.98 Å². The molecule has 0 aliphatic rings. The lowest BCUT2D eigenvalue weighted by atomic mass is 9.97. The van der Waals surface area contributed by atoms with E-state index in [1.54, 1.807) is 0 Å². The number of hydrogen-bond donors (Lipinski definition) is 0. The second-order valence-corrected chi connectivity index (χ2v) is 7.26. The summed E-state index contributed by atoms with van der Waals surface area (Å²) in [6.45, 7) is 4.10. The van der Waals surface area contributed by atoms with E-state index in [9.17, 15) is 0 Å². The molecule has 1 N–H and O–H groups in total. The van der Waals surface area contributed by atoms with Crippen LogP contribution in [-0.2, 0) is 0 Å². The molecule has 0 aliphatic heterocycles. The molecule has 5 rings (SSSR count). The summed E-state index contributed by atoms with van der Waals surface area (Å²) in [6, 6.07) is 28.1. The van der Waals surface area contributed by atoms with Gasteiger partial charge in [0.1, 0.15) is 0 Å². The predicted octanol–water partition coefficient (Wildman–Crippen LogP) is 6.15. The monoisotopic (exact) mass is 361 g/mol. The molecule has 2 heteroatoms. The summed E-state index contributed by atoms with van der Waals surface area (Å²) >= 11 is 0. The van der Waals surface area contributed by atoms with Crippen LogP contribution in [0.25, 0.3) is 43.9 Å². The number of H-pyrrole nitrogens is 1. The fourth-order valence-electron chi connectivity index (χ4n) is 4.03. The standard InChI is InChI=1S/C26H20N2/c1-17-7-13-22(18(2)28-17)20-8-10-21(11-9-20)26-25-14-12-19-5-3-4-6-23(19)24(25)15-16-27-26/h3-16H,1-2H3/p+1. The summed E-state index contributed by atoms with van der Waals surface area (Å²) < 4.78 is 0. The highest BCUT2D eigenvalue weighted by atomic mass is 14.7. The zero-order chi connectivity index (χ0) is 19.1. The quantitative estimate of drug-likeness (QED) is 0.346. The zero-order valence-electron chi connectivity index (χ0n) is 16.0. The lowest BCUT2D eigenvalue weighted by molar-refractivity contribution is -0.362. The third-order valence-corrected chi connectivity index (χ3v) is 5.43. The lowest BCUT2D eigenvalue weighted by Gasteiger charge is -2.08. The van der Waals surface area contributed by atoms with Crippen molar-refractivity contribution in [3.63, 3.8) is 0 Å². The number of nitrogens with one attached hydrogen (secondary N) is 1. The molecule has 134 valence electrons. The van der Waals surface area contributed by atoms with E-state index in [4.69, 9.17) is 0 Å². The molecule has 0 atom stereocenters. The van der Waals surface area contributed by atoms with Crippen molar-refractivity contribution >= 4 is 21.5 Å². The zero-order valence-corrected chi connectivity index (χ0v) is 16.0. The summed E-state index contributed by atoms with van der Waals surface area (Å²) in [7, 11) is 0. The first-order valence-electron chi connectivity index (χ1n) is 9.58. The maximum absolute atomic E-state index is 4.59. The van der Waals surface area contributed by atoms with Crippen LogP contribution < -0.4 is 4.98 Å². The Hall–Kier alpha value is -3.52. The van der Waals surface area contributed by atoms with Crippen molar-refractivity contribution in [2.45, 2.75) is 13.8 Å². The van der Waals surface area contributed by atoms with Gasteiger partial charge in [-0.2, -0.15) is 0 Å². The summed E-state index contributed by atoms with van der Waals surface area (Å²) in [5.74, 6) is 0. The molecule has 2 heterocycles. The molecule has 0 saturated carbocycles. The molecular formula is C26H21N2+. The summed E-state index contributed by atoms with van der Waals surface area (Å²) in [6.07, 6.45) is 2.03. The Kier molecular flexibility index (Phi) is 3.91. The molecule has 0 amide bonds. The Bertz CT molecular complexity index is 1320. The molecule has 3 aromatic carbocycles. The number of nitrogens with zero attached hydrogens (tertiary/aromatic N) is 1. The SMILES string of the molecule is Cc1ccc(-c2ccc(-c3[nH+]ccc4c3ccc3ccccc34)cc2)c(C)n1. The van der Waals surface area contributed by atoms with E-state index in [-0.39, 0.29) is 0 Å². The van der Waals surface area contributed by atoms with Crippen LogP contribution in [0.3, 0.4) is 0 Å². The topological polar surface area (TPSA) is 27.0 Å². The Balaban J connectivity index is 1.63. The van der Waals surface area contributed by atoms with Gasteiger partial charge in [-0.25, -0.2) is 4.98 Å². The van der Waals surface area contributed by atoms with E-state index in [0.717, 1.165) is 17.1 Å². The number of fused-ring (bicyclic) bond motifs is 3. The fourth-order valence-corrected chi connectivity index (χ4v) is 4.03. The van der Waals surface area contributed by atoms with Crippen LogP contribution in [0.4, 0.5) is 0 Å². The van der Waals surface area contributed by atoms with Crippen molar-refractivity contribution in [1.82, 2.24) is 4.98 Å². The fraction of sp³-hybridized carbons (Fsp3) is 0.0769. The van der Waals surface area contributed by atoms with Gasteiger partial charge in [-0.3, -0.25) is 4.98 Å². The minimum atomic E-state index is 1.05. The maximum atomic E-state index is 4.59. The highest BCUT2D eigenvalue weighted by molar-refractivity contribution is 6.10. The highest BCUT2D eigenvalue weighted by Crippen LogP contribution is 2.31. The van der Waals surface area contributed by atoms with Crippen LogP contribution in [0.1, 0.15) is 11.4 Å². The van der Waals surface area contributed by atoms with E-state index in [1.807, 2.05) is 13.1 Å². The van der Waals surface area contributed by atoms with Crippen LogP contribution >= 0.6 is 0 Å². The number of hydrogen-bond acceptors (Lipinski definition) is 1. The van der Waals surface area contributed by atoms with Crippen molar-refractivity contribution in [3.8, 4) is 22.4 Å². The average molecular weight is 361 g/mol. The Morgan fingerprint density at radius 2 is 1.43 bits per heavy atom. The molecule has 0 bridgehead atoms. The number of pyridine rings is 2. The van der Waals surface area contributed by atoms with Gasteiger partial charge in [-0.15, -0.1) is 0 Å². The van der Waals surface area contributed by atoms with Gasteiger partial charge in [-0.05, 0) is 54.4 Å². The first-order valence-corrected chi connectivity index (χ1v) is 9.58. The van der Waals surface area contributed by atoms with E-state index in [1.165, 1.54) is 38.2 Å². The smallest absolute Gasteiger partial charge is 0.218 e. The molecule has 28 heavy (non-hydrogen) atoms. The normalized spacial score (nSPS) is 11.2. The van der Waals surface area contributed by atoms with Crippen LogP contribution in [0.5, 0.6) is 0 Å². The minimum absolute atomic E-state index is 1.05. The van der Waals surface area contributed by atoms with E-state index in [2.05, 4.69) is 95.8 Å². The van der Waals surface area contributed by atoms with Gasteiger partial charge in [0.25, 0.3) is 0 Å². The second-order valence-electron chi connectivity index (χ2n) is 7.26. The van der Waals surface area contributed by atoms with Crippen molar-refractivity contribution in [2.75, 3.05) is 0 Å². The Labute approximate surface area is 164 Å².